The van der Waals surface area contributed by atoms with Gasteiger partial charge in [0.25, 0.3) is 5.91 Å². The molecule has 0 bridgehead atoms. The Bertz CT molecular complexity index is 1060. The van der Waals surface area contributed by atoms with Crippen molar-refractivity contribution in [2.24, 2.45) is 5.41 Å². The first-order valence-electron chi connectivity index (χ1n) is 11.8. The van der Waals surface area contributed by atoms with Gasteiger partial charge >= 0.3 is 12.1 Å². The largest absolute Gasteiger partial charge is 0.490 e. The third kappa shape index (κ3) is 6.07. The Morgan fingerprint density at radius 3 is 2.19 bits per heavy atom. The molecule has 1 spiro atoms. The number of rotatable bonds is 3. The van der Waals surface area contributed by atoms with Crippen LogP contribution in [0.5, 0.6) is 11.5 Å². The number of pyridine rings is 1. The van der Waals surface area contributed by atoms with Gasteiger partial charge in [0.1, 0.15) is 0 Å². The number of likely N-dealkylation sites (tertiary alicyclic amines) is 2. The Hall–Kier alpha value is -3.34. The third-order valence-electron chi connectivity index (χ3n) is 7.07. The van der Waals surface area contributed by atoms with Gasteiger partial charge in [0.05, 0.1) is 0 Å². The minimum Gasteiger partial charge on any atom is -0.475 e. The Balaban J connectivity index is 0.000000384. The Morgan fingerprint density at radius 1 is 0.972 bits per heavy atom. The van der Waals surface area contributed by atoms with Crippen LogP contribution in [-0.2, 0) is 11.3 Å². The number of ether oxygens (including phenoxy) is 2. The smallest absolute Gasteiger partial charge is 0.475 e. The molecule has 194 valence electrons. The monoisotopic (exact) mass is 507 g/mol. The number of halogens is 3. The fourth-order valence-electron chi connectivity index (χ4n) is 4.90. The molecule has 0 radical (unpaired) electrons. The number of carboxylic acids is 1. The molecule has 1 amide bonds. The van der Waals surface area contributed by atoms with Crippen molar-refractivity contribution >= 4 is 11.9 Å². The summed E-state index contributed by atoms with van der Waals surface area (Å²) in [7, 11) is 0. The summed E-state index contributed by atoms with van der Waals surface area (Å²) >= 11 is 0. The van der Waals surface area contributed by atoms with Gasteiger partial charge in [0, 0.05) is 43.2 Å². The molecule has 3 aliphatic rings. The van der Waals surface area contributed by atoms with Crippen molar-refractivity contribution in [1.82, 2.24) is 14.8 Å². The molecule has 0 saturated carbocycles. The van der Waals surface area contributed by atoms with E-state index in [4.69, 9.17) is 19.4 Å². The van der Waals surface area contributed by atoms with Gasteiger partial charge in [-0.05, 0) is 62.4 Å². The Labute approximate surface area is 206 Å². The summed E-state index contributed by atoms with van der Waals surface area (Å²) in [5, 5.41) is 7.12. The van der Waals surface area contributed by atoms with Gasteiger partial charge in [-0.3, -0.25) is 14.7 Å². The first-order chi connectivity index (χ1) is 17.2. The number of benzene rings is 1. The van der Waals surface area contributed by atoms with E-state index >= 15 is 0 Å². The molecule has 5 rings (SSSR count). The van der Waals surface area contributed by atoms with Gasteiger partial charge < -0.3 is 19.5 Å². The van der Waals surface area contributed by atoms with E-state index in [1.165, 1.54) is 18.4 Å². The van der Waals surface area contributed by atoms with Crippen LogP contribution in [0.15, 0.2) is 42.7 Å². The number of piperidine rings is 2. The van der Waals surface area contributed by atoms with Crippen molar-refractivity contribution in [3.05, 3.63) is 53.9 Å². The summed E-state index contributed by atoms with van der Waals surface area (Å²) in [6, 6.07) is 9.77. The predicted molar refractivity (Wildman–Crippen MR) is 123 cm³/mol. The van der Waals surface area contributed by atoms with Crippen LogP contribution in [0, 0.1) is 5.41 Å². The Kier molecular flexibility index (Phi) is 7.67. The van der Waals surface area contributed by atoms with Crippen molar-refractivity contribution in [2.45, 2.75) is 38.4 Å². The second-order valence-corrected chi connectivity index (χ2v) is 9.26. The van der Waals surface area contributed by atoms with E-state index in [9.17, 15) is 18.0 Å². The van der Waals surface area contributed by atoms with E-state index < -0.39 is 12.1 Å². The first kappa shape index (κ1) is 25.7. The quantitative estimate of drug-likeness (QED) is 0.672. The predicted octanol–water partition coefficient (Wildman–Crippen LogP) is 3.96. The Morgan fingerprint density at radius 2 is 1.58 bits per heavy atom. The van der Waals surface area contributed by atoms with Crippen LogP contribution in [0.2, 0.25) is 0 Å². The minimum absolute atomic E-state index is 0.139. The second-order valence-electron chi connectivity index (χ2n) is 9.26. The lowest BCUT2D eigenvalue weighted by atomic mass is 9.71. The van der Waals surface area contributed by atoms with Crippen molar-refractivity contribution in [3.63, 3.8) is 0 Å². The normalized spacial score (nSPS) is 18.9. The number of hydrogen-bond donors (Lipinski definition) is 1. The van der Waals surface area contributed by atoms with Gasteiger partial charge in [-0.25, -0.2) is 4.79 Å². The maximum absolute atomic E-state index is 12.7. The van der Waals surface area contributed by atoms with Gasteiger partial charge in [0.2, 0.25) is 6.79 Å². The lowest BCUT2D eigenvalue weighted by Crippen LogP contribution is -2.48. The van der Waals surface area contributed by atoms with Crippen molar-refractivity contribution in [1.29, 1.82) is 0 Å². The van der Waals surface area contributed by atoms with Crippen LogP contribution in [0.3, 0.4) is 0 Å². The molecule has 4 heterocycles. The number of para-hydroxylation sites is 1. The average Bonchev–Trinajstić information content (AvgIpc) is 3.36. The number of hydrogen-bond acceptors (Lipinski definition) is 6. The first-order valence-corrected chi connectivity index (χ1v) is 11.8. The number of amides is 1. The zero-order valence-electron chi connectivity index (χ0n) is 19.7. The number of nitrogens with zero attached hydrogens (tertiary/aromatic N) is 3. The van der Waals surface area contributed by atoms with E-state index in [1.54, 1.807) is 24.5 Å². The topological polar surface area (TPSA) is 92.2 Å². The zero-order chi connectivity index (χ0) is 25.8. The van der Waals surface area contributed by atoms with E-state index in [0.29, 0.717) is 12.2 Å². The van der Waals surface area contributed by atoms with E-state index in [0.717, 1.165) is 62.6 Å². The molecule has 36 heavy (non-hydrogen) atoms. The molecule has 11 heteroatoms. The van der Waals surface area contributed by atoms with Gasteiger partial charge in [-0.2, -0.15) is 13.2 Å². The molecular weight excluding hydrogens is 479 g/mol. The number of alkyl halides is 3. The zero-order valence-corrected chi connectivity index (χ0v) is 19.7. The molecule has 1 aromatic heterocycles. The number of carbonyl (C=O) groups excluding carboxylic acids is 1. The summed E-state index contributed by atoms with van der Waals surface area (Å²) < 4.78 is 42.9. The van der Waals surface area contributed by atoms with Gasteiger partial charge in [-0.15, -0.1) is 0 Å². The third-order valence-corrected chi connectivity index (χ3v) is 7.07. The molecule has 2 saturated heterocycles. The molecule has 3 aliphatic heterocycles. The number of fused-ring (bicyclic) bond motifs is 1. The lowest BCUT2D eigenvalue weighted by Gasteiger charge is -2.47. The van der Waals surface area contributed by atoms with Crippen LogP contribution in [0.1, 0.15) is 41.6 Å². The summed E-state index contributed by atoms with van der Waals surface area (Å²) in [6.45, 7) is 5.15. The molecule has 2 aromatic rings. The van der Waals surface area contributed by atoms with Crippen molar-refractivity contribution in [2.75, 3.05) is 33.0 Å². The summed E-state index contributed by atoms with van der Waals surface area (Å²) in [4.78, 5) is 30.1. The molecule has 0 aliphatic carbocycles. The van der Waals surface area contributed by atoms with E-state index in [2.05, 4.69) is 16.0 Å². The summed E-state index contributed by atoms with van der Waals surface area (Å²) in [5.74, 6) is -0.842. The summed E-state index contributed by atoms with van der Waals surface area (Å²) in [6.07, 6.45) is 2.92. The van der Waals surface area contributed by atoms with Crippen LogP contribution in [0.4, 0.5) is 13.2 Å². The maximum atomic E-state index is 12.7. The highest BCUT2D eigenvalue weighted by Crippen LogP contribution is 2.42. The standard InChI is InChI=1S/C23H27N3O3.C2HF3O2/c27-22(18-4-10-24-11-5-18)26-14-8-23(9-15-26)6-12-25(13-7-23)16-19-2-1-3-20-21(19)29-17-28-20;3-2(4,5)1(6)7/h1-5,10-11H,6-9,12-17H2;(H,6,7). The molecule has 2 fully saturated rings. The van der Waals surface area contributed by atoms with Crippen LogP contribution in [0.25, 0.3) is 0 Å². The van der Waals surface area contributed by atoms with Crippen LogP contribution in [-0.4, -0.2) is 70.9 Å². The molecule has 1 N–H and O–H groups in total. The fraction of sp³-hybridized carbons (Fsp3) is 0.480. The highest BCUT2D eigenvalue weighted by Gasteiger charge is 2.39. The van der Waals surface area contributed by atoms with Crippen LogP contribution < -0.4 is 9.47 Å². The molecule has 8 nitrogen and oxygen atoms in total. The maximum Gasteiger partial charge on any atom is 0.490 e. The molecular formula is C25H28F3N3O5. The minimum atomic E-state index is -5.08. The number of carbonyl (C=O) groups is 2. The van der Waals surface area contributed by atoms with E-state index in [1.807, 2.05) is 17.0 Å². The van der Waals surface area contributed by atoms with Crippen molar-refractivity contribution < 1.29 is 37.3 Å². The molecule has 0 unspecified atom stereocenters. The number of aromatic nitrogens is 1. The van der Waals surface area contributed by atoms with E-state index in [-0.39, 0.29) is 5.91 Å². The number of aliphatic carboxylic acids is 1. The van der Waals surface area contributed by atoms with Crippen molar-refractivity contribution in [3.8, 4) is 11.5 Å². The van der Waals surface area contributed by atoms with Gasteiger partial charge in [0.15, 0.2) is 11.5 Å². The number of carboxylic acid groups (broad SMARTS) is 1. The average molecular weight is 508 g/mol. The van der Waals surface area contributed by atoms with Crippen LogP contribution >= 0.6 is 0 Å². The molecule has 1 aromatic carbocycles. The highest BCUT2D eigenvalue weighted by molar-refractivity contribution is 5.94. The SMILES string of the molecule is O=C(O)C(F)(F)F.O=C(c1ccncc1)N1CCC2(CCN(Cc3cccc4c3OCO4)CC2)CC1. The highest BCUT2D eigenvalue weighted by atomic mass is 19.4. The second kappa shape index (κ2) is 10.7. The van der Waals surface area contributed by atoms with Gasteiger partial charge in [-0.1, -0.05) is 12.1 Å². The lowest BCUT2D eigenvalue weighted by molar-refractivity contribution is -0.192. The molecule has 0 atom stereocenters. The summed E-state index contributed by atoms with van der Waals surface area (Å²) in [5.41, 5.74) is 2.35. The fourth-order valence-corrected chi connectivity index (χ4v) is 4.90.